The van der Waals surface area contributed by atoms with Crippen molar-refractivity contribution in [3.8, 4) is 11.4 Å². The number of aromatic nitrogens is 2. The number of aryl methyl sites for hydroxylation is 1. The molecule has 2 aliphatic rings. The molecule has 3 atom stereocenters. The molecular formula is C22H25FN6O2. The third-order valence-corrected chi connectivity index (χ3v) is 6.02. The van der Waals surface area contributed by atoms with Crippen LogP contribution in [0.3, 0.4) is 0 Å². The molecule has 1 saturated carbocycles. The molecule has 2 heterocycles. The van der Waals surface area contributed by atoms with Crippen molar-refractivity contribution in [1.29, 1.82) is 0 Å². The summed E-state index contributed by atoms with van der Waals surface area (Å²) in [5.41, 5.74) is 5.86. The molecule has 0 radical (unpaired) electrons. The summed E-state index contributed by atoms with van der Waals surface area (Å²) in [6.45, 7) is 5.34. The summed E-state index contributed by atoms with van der Waals surface area (Å²) >= 11 is 0. The number of urea groups is 1. The molecule has 2 fully saturated rings. The molecular weight excluding hydrogens is 399 g/mol. The van der Waals surface area contributed by atoms with E-state index in [1.807, 2.05) is 6.92 Å². The Hall–Kier alpha value is -3.36. The summed E-state index contributed by atoms with van der Waals surface area (Å²) in [7, 11) is 0. The first-order chi connectivity index (χ1) is 14.7. The lowest BCUT2D eigenvalue weighted by atomic mass is 9.64. The van der Waals surface area contributed by atoms with Crippen LogP contribution < -0.4 is 11.1 Å². The molecule has 0 spiro atoms. The number of hydrogen-bond acceptors (Lipinski definition) is 4. The van der Waals surface area contributed by atoms with Crippen molar-refractivity contribution in [3.05, 3.63) is 42.0 Å². The number of rotatable bonds is 3. The molecule has 3 N–H and O–H groups in total. The van der Waals surface area contributed by atoms with Crippen LogP contribution in [0.15, 0.2) is 35.6 Å². The molecule has 9 heteroatoms. The van der Waals surface area contributed by atoms with Gasteiger partial charge in [0.25, 0.3) is 5.91 Å². The molecule has 8 nitrogen and oxygen atoms in total. The highest BCUT2D eigenvalue weighted by Crippen LogP contribution is 2.50. The van der Waals surface area contributed by atoms with E-state index in [-0.39, 0.29) is 23.5 Å². The molecule has 2 bridgehead atoms. The standard InChI is InChI=1S/C22H25FN6O2/c1-12-7-15-11-22(10-12,20(30)27-14(3)24)29(15)21(31)28-18-9-16(13(2)8-17(18)23)19-25-5-4-6-26-19/h4-6,8-9,12,15H,7,10-11H2,1-3H3,(H,28,31)(H2,24,27,30)/t12-,15?,22?/m0/s1. The summed E-state index contributed by atoms with van der Waals surface area (Å²) in [4.78, 5) is 39.9. The summed E-state index contributed by atoms with van der Waals surface area (Å²) in [6, 6.07) is 3.93. The Bertz CT molecular complexity index is 1070. The molecule has 1 aliphatic heterocycles. The topological polar surface area (TPSA) is 114 Å². The molecule has 3 amide bonds. The summed E-state index contributed by atoms with van der Waals surface area (Å²) < 4.78 is 14.7. The van der Waals surface area contributed by atoms with E-state index in [0.29, 0.717) is 29.8 Å². The van der Waals surface area contributed by atoms with Gasteiger partial charge in [0.2, 0.25) is 0 Å². The number of carbonyl (C=O) groups excluding carboxylic acids is 2. The van der Waals surface area contributed by atoms with Gasteiger partial charge in [0.15, 0.2) is 5.82 Å². The number of anilines is 1. The monoisotopic (exact) mass is 424 g/mol. The van der Waals surface area contributed by atoms with Crippen molar-refractivity contribution in [3.63, 3.8) is 0 Å². The van der Waals surface area contributed by atoms with Crippen molar-refractivity contribution in [2.75, 3.05) is 5.32 Å². The van der Waals surface area contributed by atoms with E-state index < -0.39 is 23.3 Å². The summed E-state index contributed by atoms with van der Waals surface area (Å²) in [5.74, 6) is -0.130. The molecule has 31 heavy (non-hydrogen) atoms. The lowest BCUT2D eigenvalue weighted by molar-refractivity contribution is -0.151. The van der Waals surface area contributed by atoms with Crippen molar-refractivity contribution < 1.29 is 14.0 Å². The predicted octanol–water partition coefficient (Wildman–Crippen LogP) is 3.27. The average Bonchev–Trinajstić information content (AvgIpc) is 2.69. The third kappa shape index (κ3) is 3.64. The number of halogens is 1. The van der Waals surface area contributed by atoms with Crippen molar-refractivity contribution in [2.45, 2.75) is 51.6 Å². The van der Waals surface area contributed by atoms with E-state index in [1.54, 1.807) is 25.4 Å². The average molecular weight is 424 g/mol. The maximum absolute atomic E-state index is 14.7. The largest absolute Gasteiger partial charge is 0.387 e. The van der Waals surface area contributed by atoms with E-state index in [9.17, 15) is 14.0 Å². The highest BCUT2D eigenvalue weighted by Gasteiger charge is 2.62. The Labute approximate surface area is 179 Å². The number of fused-ring (bicyclic) bond motifs is 2. The number of benzene rings is 1. The Morgan fingerprint density at radius 2 is 2.00 bits per heavy atom. The maximum atomic E-state index is 14.7. The number of piperidine rings is 1. The van der Waals surface area contributed by atoms with Gasteiger partial charge < -0.3 is 16.0 Å². The minimum absolute atomic E-state index is 0.0113. The lowest BCUT2D eigenvalue weighted by Gasteiger charge is -2.61. The van der Waals surface area contributed by atoms with Crippen LogP contribution in [0, 0.1) is 18.7 Å². The van der Waals surface area contributed by atoms with Crippen LogP contribution in [0.25, 0.3) is 11.4 Å². The van der Waals surface area contributed by atoms with Crippen LogP contribution >= 0.6 is 0 Å². The second-order valence-corrected chi connectivity index (χ2v) is 8.51. The smallest absolute Gasteiger partial charge is 0.323 e. The Kier molecular flexibility index (Phi) is 5.20. The molecule has 1 aliphatic carbocycles. The molecule has 1 aromatic heterocycles. The van der Waals surface area contributed by atoms with E-state index in [2.05, 4.69) is 20.3 Å². The first kappa shape index (κ1) is 20.9. The van der Waals surface area contributed by atoms with Crippen LogP contribution in [-0.2, 0) is 4.79 Å². The van der Waals surface area contributed by atoms with Crippen LogP contribution in [0.4, 0.5) is 14.9 Å². The van der Waals surface area contributed by atoms with Gasteiger partial charge in [0, 0.05) is 30.4 Å². The third-order valence-electron chi connectivity index (χ3n) is 6.02. The first-order valence-electron chi connectivity index (χ1n) is 10.2. The fraction of sp³-hybridized carbons (Fsp3) is 0.409. The number of carbonyl (C=O) groups is 2. The summed E-state index contributed by atoms with van der Waals surface area (Å²) in [5, 5.41) is 2.65. The van der Waals surface area contributed by atoms with Gasteiger partial charge >= 0.3 is 6.03 Å². The second kappa shape index (κ2) is 7.72. The quantitative estimate of drug-likeness (QED) is 0.580. The van der Waals surface area contributed by atoms with Crippen molar-refractivity contribution in [1.82, 2.24) is 14.9 Å². The molecule has 1 aromatic carbocycles. The predicted molar refractivity (Wildman–Crippen MR) is 115 cm³/mol. The SMILES string of the molecule is CC(N)=NC(=O)C12CC(C[C@H](C)C1)N2C(=O)Nc1cc(-c2ncccn2)c(C)cc1F. The van der Waals surface area contributed by atoms with Gasteiger partial charge in [0.05, 0.1) is 11.5 Å². The highest BCUT2D eigenvalue weighted by atomic mass is 19.1. The fourth-order valence-electron chi connectivity index (χ4n) is 4.84. The number of nitrogens with two attached hydrogens (primary N) is 1. The van der Waals surface area contributed by atoms with Crippen LogP contribution in [-0.4, -0.2) is 44.2 Å². The number of amidine groups is 1. The number of amides is 3. The molecule has 2 unspecified atom stereocenters. The fourth-order valence-corrected chi connectivity index (χ4v) is 4.84. The maximum Gasteiger partial charge on any atom is 0.323 e. The number of aliphatic imine (C=N–C) groups is 1. The van der Waals surface area contributed by atoms with Gasteiger partial charge in [-0.25, -0.2) is 19.2 Å². The molecule has 162 valence electrons. The highest BCUT2D eigenvalue weighted by molar-refractivity contribution is 6.02. The van der Waals surface area contributed by atoms with Gasteiger partial charge in [-0.3, -0.25) is 4.79 Å². The lowest BCUT2D eigenvalue weighted by Crippen LogP contribution is -2.75. The van der Waals surface area contributed by atoms with Crippen molar-refractivity contribution in [2.24, 2.45) is 16.6 Å². The van der Waals surface area contributed by atoms with Gasteiger partial charge in [-0.15, -0.1) is 0 Å². The number of nitrogens with zero attached hydrogens (tertiary/aromatic N) is 4. The number of likely N-dealkylation sites (tertiary alicyclic amines) is 1. The molecule has 2 aromatic rings. The van der Waals surface area contributed by atoms with Crippen molar-refractivity contribution >= 4 is 23.5 Å². The van der Waals surface area contributed by atoms with Gasteiger partial charge in [-0.2, -0.15) is 4.99 Å². The van der Waals surface area contributed by atoms with Gasteiger partial charge in [-0.1, -0.05) is 6.92 Å². The number of hydrogen-bond donors (Lipinski definition) is 2. The minimum Gasteiger partial charge on any atom is -0.387 e. The van der Waals surface area contributed by atoms with Gasteiger partial charge in [0.1, 0.15) is 11.4 Å². The zero-order chi connectivity index (χ0) is 22.3. The van der Waals surface area contributed by atoms with E-state index in [0.717, 1.165) is 6.42 Å². The Balaban J connectivity index is 1.64. The molecule has 4 rings (SSSR count). The van der Waals surface area contributed by atoms with Crippen LogP contribution in [0.1, 0.15) is 38.7 Å². The summed E-state index contributed by atoms with van der Waals surface area (Å²) in [6.07, 6.45) is 5.03. The Morgan fingerprint density at radius 1 is 1.29 bits per heavy atom. The second-order valence-electron chi connectivity index (χ2n) is 8.51. The van der Waals surface area contributed by atoms with Gasteiger partial charge in [-0.05, 0) is 56.4 Å². The molecule has 1 saturated heterocycles. The van der Waals surface area contributed by atoms with Crippen LogP contribution in [0.5, 0.6) is 0 Å². The van der Waals surface area contributed by atoms with Crippen LogP contribution in [0.2, 0.25) is 0 Å². The van der Waals surface area contributed by atoms with E-state index in [1.165, 1.54) is 24.0 Å². The Morgan fingerprint density at radius 3 is 2.68 bits per heavy atom. The zero-order valence-corrected chi connectivity index (χ0v) is 17.7. The zero-order valence-electron chi connectivity index (χ0n) is 17.7. The number of nitrogens with one attached hydrogen (secondary N) is 1. The van der Waals surface area contributed by atoms with E-state index in [4.69, 9.17) is 5.73 Å². The minimum atomic E-state index is -1.03. The first-order valence-corrected chi connectivity index (χ1v) is 10.2. The van der Waals surface area contributed by atoms with E-state index >= 15 is 0 Å². The normalized spacial score (nSPS) is 25.0.